The Morgan fingerprint density at radius 1 is 0.424 bits per heavy atom. The van der Waals surface area contributed by atoms with E-state index in [9.17, 15) is 24.3 Å². The van der Waals surface area contributed by atoms with E-state index in [1.54, 1.807) is 6.08 Å². The summed E-state index contributed by atoms with van der Waals surface area (Å²) in [5.74, 6) is -0.218. The lowest BCUT2D eigenvalue weighted by molar-refractivity contribution is -0.123. The van der Waals surface area contributed by atoms with Crippen molar-refractivity contribution >= 4 is 13.7 Å². The highest BCUT2D eigenvalue weighted by Gasteiger charge is 2.24. The molecule has 0 aliphatic rings. The molecule has 1 amide bonds. The minimum absolute atomic E-state index is 0.218. The number of amides is 1. The second kappa shape index (κ2) is 53.6. The number of carbonyl (C=O) groups excluding carboxylic acids is 1. The number of rotatable bonds is 56. The summed E-state index contributed by atoms with van der Waals surface area (Å²) < 4.78 is 16.0. The first-order chi connectivity index (χ1) is 32.3. The van der Waals surface area contributed by atoms with Gasteiger partial charge in [-0.05, 0) is 19.3 Å². The first kappa shape index (κ1) is 65.3. The van der Waals surface area contributed by atoms with Gasteiger partial charge in [0.2, 0.25) is 5.91 Å². The van der Waals surface area contributed by atoms with Gasteiger partial charge in [0.25, 0.3) is 0 Å². The highest BCUT2D eigenvalue weighted by molar-refractivity contribution is 7.46. The van der Waals surface area contributed by atoms with Crippen molar-refractivity contribution < 1.29 is 28.8 Å². The third kappa shape index (κ3) is 54.2. The second-order valence-corrected chi connectivity index (χ2v) is 21.9. The molecule has 0 spiro atoms. The molecular weight excluding hydrogens is 838 g/mol. The van der Waals surface area contributed by atoms with Crippen LogP contribution in [0.5, 0.6) is 0 Å². The summed E-state index contributed by atoms with van der Waals surface area (Å²) >= 11 is 0. The number of unbranched alkanes of at least 4 members (excludes halogenated alkanes) is 47. The Balaban J connectivity index is 3.66. The van der Waals surface area contributed by atoms with Crippen LogP contribution in [0.25, 0.3) is 0 Å². The van der Waals surface area contributed by atoms with Crippen LogP contribution in [0.4, 0.5) is 0 Å². The van der Waals surface area contributed by atoms with Gasteiger partial charge >= 0.3 is 7.82 Å². The van der Waals surface area contributed by atoms with Crippen LogP contribution in [0.2, 0.25) is 0 Å². The zero-order chi connectivity index (χ0) is 48.1. The van der Waals surface area contributed by atoms with Crippen molar-refractivity contribution in [3.63, 3.8) is 0 Å². The van der Waals surface area contributed by atoms with Crippen LogP contribution in [0.1, 0.15) is 335 Å². The van der Waals surface area contributed by atoms with Gasteiger partial charge in [-0.2, -0.15) is 0 Å². The molecule has 4 N–H and O–H groups in total. The van der Waals surface area contributed by atoms with E-state index in [1.807, 2.05) is 6.08 Å². The van der Waals surface area contributed by atoms with Gasteiger partial charge in [0.05, 0.1) is 18.8 Å². The number of allylic oxidation sites excluding steroid dienone is 1. The zero-order valence-electron chi connectivity index (χ0n) is 44.4. The Bertz CT molecular complexity index is 1040. The smallest absolute Gasteiger partial charge is 0.387 e. The van der Waals surface area contributed by atoms with E-state index in [1.165, 1.54) is 276 Å². The first-order valence-corrected chi connectivity index (χ1v) is 31.2. The molecule has 7 nitrogen and oxygen atoms in total. The van der Waals surface area contributed by atoms with E-state index in [2.05, 4.69) is 23.7 Å². The summed E-state index contributed by atoms with van der Waals surface area (Å²) in [7, 11) is -4.72. The van der Waals surface area contributed by atoms with E-state index < -0.39 is 26.6 Å². The van der Waals surface area contributed by atoms with Crippen LogP contribution >= 0.6 is 7.82 Å². The van der Waals surface area contributed by atoms with Crippen LogP contribution in [-0.2, 0) is 13.9 Å². The molecule has 0 aromatic heterocycles. The average Bonchev–Trinajstić information content (AvgIpc) is 3.30. The monoisotopic (exact) mass is 954 g/mol. The lowest BCUT2D eigenvalue weighted by Crippen LogP contribution is -2.45. The van der Waals surface area contributed by atoms with Gasteiger partial charge in [0.15, 0.2) is 0 Å². The molecule has 0 unspecified atom stereocenters. The fourth-order valence-electron chi connectivity index (χ4n) is 9.52. The van der Waals surface area contributed by atoms with Crippen LogP contribution in [0, 0.1) is 0 Å². The number of hydrogen-bond donors (Lipinski definition) is 4. The zero-order valence-corrected chi connectivity index (χ0v) is 45.3. The number of phosphoric ester groups is 1. The minimum atomic E-state index is -4.72. The molecule has 0 aromatic rings. The van der Waals surface area contributed by atoms with Gasteiger partial charge in [-0.3, -0.25) is 9.32 Å². The van der Waals surface area contributed by atoms with Gasteiger partial charge in [-0.1, -0.05) is 321 Å². The minimum Gasteiger partial charge on any atom is -0.387 e. The van der Waals surface area contributed by atoms with Crippen LogP contribution in [0.3, 0.4) is 0 Å². The Kier molecular flexibility index (Phi) is 53.0. The molecule has 0 radical (unpaired) electrons. The fourth-order valence-corrected chi connectivity index (χ4v) is 9.88. The normalized spacial score (nSPS) is 13.0. The largest absolute Gasteiger partial charge is 0.469 e. The topological polar surface area (TPSA) is 116 Å². The number of nitrogens with one attached hydrogen (secondary N) is 1. The maximum Gasteiger partial charge on any atom is 0.469 e. The Hall–Kier alpha value is -0.720. The van der Waals surface area contributed by atoms with Crippen molar-refractivity contribution in [1.29, 1.82) is 0 Å². The Morgan fingerprint density at radius 3 is 0.924 bits per heavy atom. The predicted molar refractivity (Wildman–Crippen MR) is 287 cm³/mol. The Morgan fingerprint density at radius 2 is 0.667 bits per heavy atom. The summed E-state index contributed by atoms with van der Waals surface area (Å²) in [6, 6.07) is -0.907. The van der Waals surface area contributed by atoms with Gasteiger partial charge < -0.3 is 20.2 Å². The lowest BCUT2D eigenvalue weighted by atomic mass is 10.0. The number of aliphatic hydroxyl groups excluding tert-OH is 1. The molecule has 0 saturated heterocycles. The highest BCUT2D eigenvalue weighted by Crippen LogP contribution is 2.36. The number of hydrogen-bond acceptors (Lipinski definition) is 4. The summed E-state index contributed by atoms with van der Waals surface area (Å²) in [6.07, 6.45) is 68.7. The van der Waals surface area contributed by atoms with Crippen LogP contribution in [0.15, 0.2) is 12.2 Å². The lowest BCUT2D eigenvalue weighted by Gasteiger charge is -2.22. The van der Waals surface area contributed by atoms with Crippen LogP contribution in [-0.4, -0.2) is 39.6 Å². The molecule has 66 heavy (non-hydrogen) atoms. The van der Waals surface area contributed by atoms with Crippen molar-refractivity contribution in [2.45, 2.75) is 347 Å². The summed E-state index contributed by atoms with van der Waals surface area (Å²) in [6.45, 7) is 4.13. The van der Waals surface area contributed by atoms with Crippen molar-refractivity contribution in [2.75, 3.05) is 6.61 Å². The maximum absolute atomic E-state index is 12.7. The van der Waals surface area contributed by atoms with Gasteiger partial charge in [-0.15, -0.1) is 0 Å². The van der Waals surface area contributed by atoms with E-state index in [-0.39, 0.29) is 5.91 Å². The summed E-state index contributed by atoms with van der Waals surface area (Å²) in [4.78, 5) is 31.1. The number of carbonyl (C=O) groups is 1. The highest BCUT2D eigenvalue weighted by atomic mass is 31.2. The van der Waals surface area contributed by atoms with Crippen molar-refractivity contribution in [1.82, 2.24) is 5.32 Å². The summed E-state index contributed by atoms with van der Waals surface area (Å²) in [5, 5.41) is 13.5. The third-order valence-corrected chi connectivity index (χ3v) is 14.5. The van der Waals surface area contributed by atoms with Crippen molar-refractivity contribution in [3.05, 3.63) is 12.2 Å². The van der Waals surface area contributed by atoms with Crippen molar-refractivity contribution in [3.8, 4) is 0 Å². The van der Waals surface area contributed by atoms with E-state index in [0.717, 1.165) is 38.5 Å². The molecule has 0 heterocycles. The predicted octanol–water partition coefficient (Wildman–Crippen LogP) is 19.0. The fraction of sp³-hybridized carbons (Fsp3) is 0.948. The standard InChI is InChI=1S/C58H116NO6P/c1-3-5-7-9-11-13-15-17-19-21-22-23-24-25-26-27-28-29-30-31-32-33-34-35-36-38-40-42-44-46-48-50-52-54-58(61)59-56(55-65-66(62,63)64)57(60)53-51-49-47-45-43-41-39-37-20-18-16-14-12-10-8-6-4-2/h51,53,56-57,60H,3-50,52,54-55H2,1-2H3,(H,59,61)(H2,62,63,64)/b53-51+/t56-,57+/m0/s1. The molecule has 8 heteroatoms. The van der Waals surface area contributed by atoms with Gasteiger partial charge in [-0.25, -0.2) is 4.57 Å². The van der Waals surface area contributed by atoms with Gasteiger partial charge in [0.1, 0.15) is 0 Å². The average molecular weight is 955 g/mol. The van der Waals surface area contributed by atoms with E-state index in [4.69, 9.17) is 0 Å². The molecule has 394 valence electrons. The molecule has 0 saturated carbocycles. The Labute approximate surface area is 412 Å². The molecule has 0 aliphatic heterocycles. The quantitative estimate of drug-likeness (QED) is 0.0274. The van der Waals surface area contributed by atoms with E-state index in [0.29, 0.717) is 6.42 Å². The van der Waals surface area contributed by atoms with E-state index >= 15 is 0 Å². The summed E-state index contributed by atoms with van der Waals surface area (Å²) in [5.41, 5.74) is 0. The SMILES string of the molecule is CCCCCCCCCCCCCCCCC/C=C/[C@@H](O)[C@H](COP(=O)(O)O)NC(=O)CCCCCCCCCCCCCCCCCCCCCCCCCCCCCCCCCCC. The molecule has 0 fully saturated rings. The second-order valence-electron chi connectivity index (χ2n) is 20.7. The van der Waals surface area contributed by atoms with Crippen LogP contribution < -0.4 is 5.32 Å². The number of phosphoric acid groups is 1. The van der Waals surface area contributed by atoms with Gasteiger partial charge in [0, 0.05) is 6.42 Å². The van der Waals surface area contributed by atoms with Crippen molar-refractivity contribution in [2.24, 2.45) is 0 Å². The molecule has 0 rings (SSSR count). The molecule has 0 bridgehead atoms. The maximum atomic E-state index is 12.7. The molecular formula is C58H116NO6P. The number of aliphatic hydroxyl groups is 1. The first-order valence-electron chi connectivity index (χ1n) is 29.6. The molecule has 2 atom stereocenters. The third-order valence-electron chi connectivity index (χ3n) is 14.0. The molecule has 0 aromatic carbocycles. The molecule has 0 aliphatic carbocycles.